The van der Waals surface area contributed by atoms with Gasteiger partial charge in [0.2, 0.25) is 5.91 Å². The molecule has 0 spiro atoms. The van der Waals surface area contributed by atoms with Gasteiger partial charge in [0.1, 0.15) is 0 Å². The van der Waals surface area contributed by atoms with E-state index >= 15 is 0 Å². The van der Waals surface area contributed by atoms with Crippen molar-refractivity contribution in [2.75, 3.05) is 7.05 Å². The summed E-state index contributed by atoms with van der Waals surface area (Å²) < 4.78 is 1.05. The predicted octanol–water partition coefficient (Wildman–Crippen LogP) is 2.63. The number of benzene rings is 1. The van der Waals surface area contributed by atoms with Crippen molar-refractivity contribution < 1.29 is 4.79 Å². The molecule has 1 aliphatic carbocycles. The van der Waals surface area contributed by atoms with E-state index in [0.29, 0.717) is 17.5 Å². The summed E-state index contributed by atoms with van der Waals surface area (Å²) in [6.45, 7) is 2.22. The minimum atomic E-state index is -0.0593. The Hall–Kier alpha value is -1.14. The van der Waals surface area contributed by atoms with Gasteiger partial charge in [-0.1, -0.05) is 35.0 Å². The van der Waals surface area contributed by atoms with E-state index in [2.05, 4.69) is 51.2 Å². The Kier molecular flexibility index (Phi) is 5.22. The van der Waals surface area contributed by atoms with Crippen molar-refractivity contribution in [2.45, 2.75) is 31.6 Å². The molecule has 114 valence electrons. The van der Waals surface area contributed by atoms with Crippen molar-refractivity contribution in [3.8, 4) is 0 Å². The molecule has 0 aromatic heterocycles. The average molecular weight is 370 g/mol. The number of halogens is 1. The first-order chi connectivity index (χ1) is 9.95. The summed E-state index contributed by atoms with van der Waals surface area (Å²) in [7, 11) is 1.71. The maximum absolute atomic E-state index is 12.2. The number of hydrogen-bond donors (Lipinski definition) is 3. The Bertz CT molecular complexity index is 543. The van der Waals surface area contributed by atoms with Gasteiger partial charge in [-0.25, -0.2) is 0 Å². The van der Waals surface area contributed by atoms with Crippen LogP contribution >= 0.6 is 28.1 Å². The van der Waals surface area contributed by atoms with Crippen LogP contribution in [0, 0.1) is 5.92 Å². The molecule has 1 fully saturated rings. The summed E-state index contributed by atoms with van der Waals surface area (Å²) in [6, 6.07) is 8.25. The molecule has 1 aromatic rings. The molecule has 1 aliphatic rings. The highest BCUT2D eigenvalue weighted by atomic mass is 79.9. The number of amides is 1. The average Bonchev–Trinajstić information content (AvgIpc) is 2.42. The summed E-state index contributed by atoms with van der Waals surface area (Å²) in [6.07, 6.45) is 2.54. The second-order valence-electron chi connectivity index (χ2n) is 5.73. The maximum Gasteiger partial charge on any atom is 0.239 e. The molecule has 6 heteroatoms. The van der Waals surface area contributed by atoms with Crippen molar-refractivity contribution in [3.63, 3.8) is 0 Å². The van der Waals surface area contributed by atoms with E-state index in [9.17, 15) is 4.79 Å². The Morgan fingerprint density at radius 2 is 2.14 bits per heavy atom. The first kappa shape index (κ1) is 16.2. The quantitative estimate of drug-likeness (QED) is 0.566. The zero-order valence-corrected chi connectivity index (χ0v) is 14.6. The zero-order chi connectivity index (χ0) is 15.5. The smallest absolute Gasteiger partial charge is 0.239 e. The molecule has 0 radical (unpaired) electrons. The molecular formula is C15H20BrN3OS. The predicted molar refractivity (Wildman–Crippen MR) is 91.8 cm³/mol. The van der Waals surface area contributed by atoms with Crippen molar-refractivity contribution in [1.29, 1.82) is 0 Å². The summed E-state index contributed by atoms with van der Waals surface area (Å²) in [5.74, 6) is 0.614. The van der Waals surface area contributed by atoms with Crippen LogP contribution in [0.25, 0.3) is 0 Å². The van der Waals surface area contributed by atoms with E-state index in [1.54, 1.807) is 7.05 Å². The normalized spacial score (nSPS) is 23.9. The van der Waals surface area contributed by atoms with Crippen LogP contribution in [-0.2, 0) is 10.2 Å². The van der Waals surface area contributed by atoms with Crippen molar-refractivity contribution in [1.82, 2.24) is 16.2 Å². The second kappa shape index (κ2) is 6.75. The molecule has 0 atom stereocenters. The van der Waals surface area contributed by atoms with E-state index < -0.39 is 0 Å². The highest BCUT2D eigenvalue weighted by molar-refractivity contribution is 9.10. The number of carbonyl (C=O) groups is 1. The largest absolute Gasteiger partial charge is 0.364 e. The fourth-order valence-electron chi connectivity index (χ4n) is 3.12. The molecule has 1 amide bonds. The molecule has 1 aromatic carbocycles. The van der Waals surface area contributed by atoms with Crippen LogP contribution in [0.1, 0.15) is 31.7 Å². The Morgan fingerprint density at radius 3 is 2.71 bits per heavy atom. The Morgan fingerprint density at radius 1 is 1.43 bits per heavy atom. The summed E-state index contributed by atoms with van der Waals surface area (Å²) in [5, 5.41) is 3.16. The molecule has 0 saturated heterocycles. The molecule has 0 heterocycles. The third kappa shape index (κ3) is 3.95. The van der Waals surface area contributed by atoms with Gasteiger partial charge in [-0.05, 0) is 48.7 Å². The molecule has 1 saturated carbocycles. The van der Waals surface area contributed by atoms with Gasteiger partial charge < -0.3 is 5.32 Å². The van der Waals surface area contributed by atoms with Crippen LogP contribution in [0.15, 0.2) is 28.7 Å². The number of hydrogen-bond acceptors (Lipinski definition) is 2. The molecule has 2 rings (SSSR count). The summed E-state index contributed by atoms with van der Waals surface area (Å²) in [4.78, 5) is 12.2. The molecule has 21 heavy (non-hydrogen) atoms. The van der Waals surface area contributed by atoms with Crippen LogP contribution < -0.4 is 16.2 Å². The van der Waals surface area contributed by atoms with Crippen LogP contribution in [0.4, 0.5) is 0 Å². The van der Waals surface area contributed by atoms with E-state index in [1.165, 1.54) is 5.56 Å². The van der Waals surface area contributed by atoms with Gasteiger partial charge >= 0.3 is 0 Å². The van der Waals surface area contributed by atoms with Gasteiger partial charge in [0, 0.05) is 23.4 Å². The number of rotatable bonds is 3. The number of nitrogens with one attached hydrogen (secondary N) is 3. The fraction of sp³-hybridized carbons (Fsp3) is 0.467. The van der Waals surface area contributed by atoms with Crippen LogP contribution in [0.3, 0.4) is 0 Å². The Balaban J connectivity index is 2.06. The third-order valence-electron chi connectivity index (χ3n) is 3.96. The van der Waals surface area contributed by atoms with E-state index in [4.69, 9.17) is 12.2 Å². The van der Waals surface area contributed by atoms with Crippen molar-refractivity contribution in [2.24, 2.45) is 5.92 Å². The first-order valence-corrected chi connectivity index (χ1v) is 8.18. The highest BCUT2D eigenvalue weighted by Gasteiger charge is 2.44. The van der Waals surface area contributed by atoms with Crippen molar-refractivity contribution >= 4 is 39.2 Å². The number of thiocarbonyl (C=S) groups is 1. The molecule has 0 aliphatic heterocycles. The monoisotopic (exact) mass is 369 g/mol. The molecular weight excluding hydrogens is 350 g/mol. The maximum atomic E-state index is 12.2. The van der Waals surface area contributed by atoms with Gasteiger partial charge in [0.15, 0.2) is 5.11 Å². The second-order valence-corrected chi connectivity index (χ2v) is 7.06. The number of carbonyl (C=O) groups excluding carboxylic acids is 1. The van der Waals surface area contributed by atoms with Gasteiger partial charge in [0.25, 0.3) is 0 Å². The van der Waals surface area contributed by atoms with Gasteiger partial charge in [-0.15, -0.1) is 0 Å². The lowest BCUT2D eigenvalue weighted by molar-refractivity contribution is -0.124. The summed E-state index contributed by atoms with van der Waals surface area (Å²) >= 11 is 8.45. The number of hydrazine groups is 1. The van der Waals surface area contributed by atoms with Crippen LogP contribution in [0.2, 0.25) is 0 Å². The van der Waals surface area contributed by atoms with Crippen LogP contribution in [-0.4, -0.2) is 18.1 Å². The fourth-order valence-corrected chi connectivity index (χ4v) is 3.57. The molecule has 0 bridgehead atoms. The summed E-state index contributed by atoms with van der Waals surface area (Å²) in [5.41, 5.74) is 6.50. The van der Waals surface area contributed by atoms with Gasteiger partial charge in [-0.2, -0.15) is 0 Å². The molecule has 3 N–H and O–H groups in total. The lowest BCUT2D eigenvalue weighted by Crippen LogP contribution is -2.50. The minimum absolute atomic E-state index is 0.0422. The van der Waals surface area contributed by atoms with Gasteiger partial charge in [-0.3, -0.25) is 15.6 Å². The van der Waals surface area contributed by atoms with Crippen LogP contribution in [0.5, 0.6) is 0 Å². The lowest BCUT2D eigenvalue weighted by Gasteiger charge is -2.47. The standard InChI is InChI=1S/C15H20BrN3OS/c1-10-7-15(8-10,11-4-3-5-12(16)6-11)9-13(20)18-19-14(21)17-2/h3-6,10H,7-9H2,1-2H3,(H,18,20)(H2,17,19,21). The molecule has 0 unspecified atom stereocenters. The minimum Gasteiger partial charge on any atom is -0.364 e. The van der Waals surface area contributed by atoms with E-state index in [0.717, 1.165) is 17.3 Å². The lowest BCUT2D eigenvalue weighted by atomic mass is 9.57. The zero-order valence-electron chi connectivity index (χ0n) is 12.2. The van der Waals surface area contributed by atoms with Gasteiger partial charge in [0.05, 0.1) is 0 Å². The topological polar surface area (TPSA) is 53.2 Å². The van der Waals surface area contributed by atoms with Crippen molar-refractivity contribution in [3.05, 3.63) is 34.3 Å². The first-order valence-electron chi connectivity index (χ1n) is 6.98. The third-order valence-corrected chi connectivity index (χ3v) is 4.76. The molecule has 4 nitrogen and oxygen atoms in total. The highest BCUT2D eigenvalue weighted by Crippen LogP contribution is 2.50. The SMILES string of the molecule is CNC(=S)NNC(=O)CC1(c2cccc(Br)c2)CC(C)C1. The van der Waals surface area contributed by atoms with E-state index in [-0.39, 0.29) is 11.3 Å². The van der Waals surface area contributed by atoms with E-state index in [1.807, 2.05) is 12.1 Å². The Labute approximate surface area is 139 Å².